The van der Waals surface area contributed by atoms with Crippen molar-refractivity contribution in [3.8, 4) is 0 Å². The van der Waals surface area contributed by atoms with Crippen molar-refractivity contribution in [2.45, 2.75) is 19.5 Å². The zero-order valence-corrected chi connectivity index (χ0v) is 8.06. The van der Waals surface area contributed by atoms with Gasteiger partial charge in [-0.25, -0.2) is 0 Å². The van der Waals surface area contributed by atoms with Crippen LogP contribution in [-0.4, -0.2) is 5.78 Å². The number of hydrogen-bond acceptors (Lipinski definition) is 2. The van der Waals surface area contributed by atoms with Crippen LogP contribution < -0.4 is 5.73 Å². The molecule has 0 unspecified atom stereocenters. The van der Waals surface area contributed by atoms with Crippen LogP contribution >= 0.6 is 0 Å². The first-order chi connectivity index (χ1) is 6.82. The molecule has 0 spiro atoms. The molecule has 1 aromatic rings. The number of rotatable bonds is 2. The Bertz CT molecular complexity index is 385. The topological polar surface area (TPSA) is 43.1 Å². The number of nitrogens with two attached hydrogens (primary N) is 1. The van der Waals surface area contributed by atoms with Gasteiger partial charge in [-0.1, -0.05) is 6.07 Å². The lowest BCUT2D eigenvalue weighted by atomic mass is 10.0. The van der Waals surface area contributed by atoms with E-state index in [2.05, 4.69) is 0 Å². The van der Waals surface area contributed by atoms with E-state index in [0.29, 0.717) is 0 Å². The van der Waals surface area contributed by atoms with Crippen molar-refractivity contribution in [3.05, 3.63) is 29.3 Å². The number of alkyl halides is 3. The molecule has 0 aromatic heterocycles. The molecule has 1 rings (SSSR count). The smallest absolute Gasteiger partial charge is 0.398 e. The second-order valence-electron chi connectivity index (χ2n) is 3.25. The summed E-state index contributed by atoms with van der Waals surface area (Å²) in [5, 5.41) is 0. The third-order valence-corrected chi connectivity index (χ3v) is 1.94. The molecule has 0 atom stereocenters. The minimum absolute atomic E-state index is 0.0000231. The molecule has 5 heteroatoms. The number of benzene rings is 1. The van der Waals surface area contributed by atoms with Gasteiger partial charge in [0.1, 0.15) is 5.78 Å². The van der Waals surface area contributed by atoms with Gasteiger partial charge < -0.3 is 5.73 Å². The maximum absolute atomic E-state index is 12.5. The lowest BCUT2D eigenvalue weighted by molar-refractivity contribution is -0.138. The Hall–Kier alpha value is -1.52. The molecule has 0 radical (unpaired) electrons. The van der Waals surface area contributed by atoms with Gasteiger partial charge in [-0.3, -0.25) is 4.79 Å². The predicted octanol–water partition coefficient (Wildman–Crippen LogP) is 2.42. The lowest BCUT2D eigenvalue weighted by Crippen LogP contribution is -2.13. The van der Waals surface area contributed by atoms with Gasteiger partial charge in [-0.05, 0) is 24.6 Å². The summed E-state index contributed by atoms with van der Waals surface area (Å²) in [6.45, 7) is 1.23. The normalized spacial score (nSPS) is 11.5. The highest BCUT2D eigenvalue weighted by Gasteiger charge is 2.33. The van der Waals surface area contributed by atoms with E-state index >= 15 is 0 Å². The number of anilines is 1. The van der Waals surface area contributed by atoms with Gasteiger partial charge in [-0.15, -0.1) is 0 Å². The van der Waals surface area contributed by atoms with Crippen molar-refractivity contribution in [1.29, 1.82) is 0 Å². The highest BCUT2D eigenvalue weighted by Crippen LogP contribution is 2.34. The van der Waals surface area contributed by atoms with Crippen LogP contribution in [-0.2, 0) is 17.4 Å². The summed E-state index contributed by atoms with van der Waals surface area (Å²) in [6.07, 6.45) is -4.76. The van der Waals surface area contributed by atoms with E-state index in [1.165, 1.54) is 19.1 Å². The van der Waals surface area contributed by atoms with E-state index in [-0.39, 0.29) is 23.5 Å². The van der Waals surface area contributed by atoms with Crippen LogP contribution in [0.3, 0.4) is 0 Å². The van der Waals surface area contributed by atoms with Crippen LogP contribution in [0.2, 0.25) is 0 Å². The van der Waals surface area contributed by atoms with Crippen LogP contribution in [0.1, 0.15) is 18.1 Å². The van der Waals surface area contributed by atoms with Crippen LogP contribution in [0.15, 0.2) is 18.2 Å². The fourth-order valence-electron chi connectivity index (χ4n) is 1.32. The zero-order chi connectivity index (χ0) is 11.6. The highest BCUT2D eigenvalue weighted by molar-refractivity contribution is 5.80. The second-order valence-corrected chi connectivity index (χ2v) is 3.25. The van der Waals surface area contributed by atoms with Gasteiger partial charge in [0, 0.05) is 12.1 Å². The predicted molar refractivity (Wildman–Crippen MR) is 50.2 cm³/mol. The summed E-state index contributed by atoms with van der Waals surface area (Å²) in [7, 11) is 0. The fraction of sp³-hybridized carbons (Fsp3) is 0.300. The maximum atomic E-state index is 12.5. The van der Waals surface area contributed by atoms with E-state index in [4.69, 9.17) is 5.73 Å². The Morgan fingerprint density at radius 1 is 1.40 bits per heavy atom. The molecule has 2 N–H and O–H groups in total. The van der Waals surface area contributed by atoms with Crippen LogP contribution in [0.4, 0.5) is 18.9 Å². The van der Waals surface area contributed by atoms with Crippen molar-refractivity contribution < 1.29 is 18.0 Å². The van der Waals surface area contributed by atoms with Gasteiger partial charge in [0.15, 0.2) is 0 Å². The van der Waals surface area contributed by atoms with E-state index in [9.17, 15) is 18.0 Å². The van der Waals surface area contributed by atoms with Crippen LogP contribution in [0.5, 0.6) is 0 Å². The molecule has 0 amide bonds. The number of carbonyl (C=O) groups is 1. The largest absolute Gasteiger partial charge is 0.416 e. The molecule has 2 nitrogen and oxygen atoms in total. The molecule has 82 valence electrons. The van der Waals surface area contributed by atoms with Crippen LogP contribution in [0.25, 0.3) is 0 Å². The molecular weight excluding hydrogens is 207 g/mol. The van der Waals surface area contributed by atoms with Gasteiger partial charge in [0.2, 0.25) is 0 Å². The van der Waals surface area contributed by atoms with Crippen molar-refractivity contribution >= 4 is 11.5 Å². The second kappa shape index (κ2) is 3.92. The minimum Gasteiger partial charge on any atom is -0.398 e. The third-order valence-electron chi connectivity index (χ3n) is 1.94. The number of halogens is 3. The first-order valence-corrected chi connectivity index (χ1v) is 4.26. The summed E-state index contributed by atoms with van der Waals surface area (Å²) >= 11 is 0. The van der Waals surface area contributed by atoms with Crippen molar-refractivity contribution in [2.75, 3.05) is 5.73 Å². The Morgan fingerprint density at radius 3 is 2.47 bits per heavy atom. The van der Waals surface area contributed by atoms with Crippen molar-refractivity contribution in [3.63, 3.8) is 0 Å². The molecule has 1 aromatic carbocycles. The number of carbonyl (C=O) groups excluding carboxylic acids is 1. The average Bonchev–Trinajstić information content (AvgIpc) is 2.05. The minimum atomic E-state index is -4.47. The summed E-state index contributed by atoms with van der Waals surface area (Å²) in [4.78, 5) is 10.8. The maximum Gasteiger partial charge on any atom is 0.416 e. The zero-order valence-electron chi connectivity index (χ0n) is 8.06. The molecule has 15 heavy (non-hydrogen) atoms. The third kappa shape index (κ3) is 2.71. The summed E-state index contributed by atoms with van der Waals surface area (Å²) in [6, 6.07) is 3.50. The molecule has 0 heterocycles. The SMILES string of the molecule is CC(=O)Cc1c(N)cccc1C(F)(F)F. The molecule has 0 aliphatic heterocycles. The fourth-order valence-corrected chi connectivity index (χ4v) is 1.32. The highest BCUT2D eigenvalue weighted by atomic mass is 19.4. The van der Waals surface area contributed by atoms with E-state index in [1.54, 1.807) is 0 Å². The van der Waals surface area contributed by atoms with Crippen molar-refractivity contribution in [2.24, 2.45) is 0 Å². The van der Waals surface area contributed by atoms with Gasteiger partial charge in [-0.2, -0.15) is 13.2 Å². The Labute approximate surface area is 84.9 Å². The summed E-state index contributed by atoms with van der Waals surface area (Å²) in [5.74, 6) is -0.349. The molecule has 0 aliphatic carbocycles. The number of nitrogen functional groups attached to an aromatic ring is 1. The Balaban J connectivity index is 3.26. The van der Waals surface area contributed by atoms with E-state index < -0.39 is 11.7 Å². The molecule has 0 fully saturated rings. The van der Waals surface area contributed by atoms with E-state index in [0.717, 1.165) is 6.07 Å². The summed E-state index contributed by atoms with van der Waals surface area (Å²) < 4.78 is 37.5. The standard InChI is InChI=1S/C10H10F3NO/c1-6(15)5-7-8(10(11,12)13)3-2-4-9(7)14/h2-4H,5,14H2,1H3. The summed E-state index contributed by atoms with van der Waals surface area (Å²) in [5.41, 5.74) is 4.44. The van der Waals surface area contributed by atoms with E-state index in [1.807, 2.05) is 0 Å². The molecule has 0 aliphatic rings. The average molecular weight is 217 g/mol. The quantitative estimate of drug-likeness (QED) is 0.773. The number of Topliss-reactive ketones (excluding diaryl/α,β-unsaturated/α-hetero) is 1. The molecule has 0 saturated heterocycles. The molecular formula is C10H10F3NO. The Kier molecular flexibility index (Phi) is 3.02. The number of hydrogen-bond donors (Lipinski definition) is 1. The Morgan fingerprint density at radius 2 is 2.00 bits per heavy atom. The number of ketones is 1. The monoisotopic (exact) mass is 217 g/mol. The molecule has 0 bridgehead atoms. The van der Waals surface area contributed by atoms with Gasteiger partial charge in [0.05, 0.1) is 5.56 Å². The van der Waals surface area contributed by atoms with Gasteiger partial charge in [0.25, 0.3) is 0 Å². The first-order valence-electron chi connectivity index (χ1n) is 4.26. The van der Waals surface area contributed by atoms with Crippen molar-refractivity contribution in [1.82, 2.24) is 0 Å². The molecule has 0 saturated carbocycles. The van der Waals surface area contributed by atoms with Crippen LogP contribution in [0, 0.1) is 0 Å². The first kappa shape index (κ1) is 11.6. The van der Waals surface area contributed by atoms with Gasteiger partial charge >= 0.3 is 6.18 Å². The lowest BCUT2D eigenvalue weighted by Gasteiger charge is -2.13.